The van der Waals surface area contributed by atoms with Crippen LogP contribution in [0, 0.1) is 0 Å². The van der Waals surface area contributed by atoms with Crippen LogP contribution in [0.15, 0.2) is 72.1 Å². The molecule has 8 nitrogen and oxygen atoms in total. The lowest BCUT2D eigenvalue weighted by molar-refractivity contribution is -0.115. The molecule has 0 saturated heterocycles. The Morgan fingerprint density at radius 2 is 1.86 bits per heavy atom. The first-order valence-corrected chi connectivity index (χ1v) is 12.2. The highest BCUT2D eigenvalue weighted by Gasteiger charge is 2.24. The number of hydrogen-bond acceptors (Lipinski definition) is 7. The highest BCUT2D eigenvalue weighted by Crippen LogP contribution is 2.36. The monoisotopic (exact) mass is 487 g/mol. The van der Waals surface area contributed by atoms with Gasteiger partial charge < -0.3 is 14.8 Å². The highest BCUT2D eigenvalue weighted by atomic mass is 32.2. The molecule has 4 aromatic rings. The Hall–Kier alpha value is -3.85. The zero-order chi connectivity index (χ0) is 24.4. The molecule has 9 heteroatoms. The molecule has 3 heterocycles. The van der Waals surface area contributed by atoms with E-state index >= 15 is 0 Å². The molecule has 1 N–H and O–H groups in total. The zero-order valence-corrected chi connectivity index (χ0v) is 20.5. The number of hydrogen-bond donors (Lipinski definition) is 1. The molecule has 0 bridgehead atoms. The number of fused-ring (bicyclic) bond motifs is 1. The van der Waals surface area contributed by atoms with Crippen LogP contribution in [-0.2, 0) is 4.79 Å². The largest absolute Gasteiger partial charge is 0.454 e. The summed E-state index contributed by atoms with van der Waals surface area (Å²) in [5, 5.41) is 12.1. The van der Waals surface area contributed by atoms with Gasteiger partial charge in [-0.1, -0.05) is 43.8 Å². The average molecular weight is 488 g/mol. The van der Waals surface area contributed by atoms with E-state index in [1.165, 1.54) is 11.8 Å². The summed E-state index contributed by atoms with van der Waals surface area (Å²) in [5.74, 6) is 2.11. The zero-order valence-electron chi connectivity index (χ0n) is 19.6. The first-order chi connectivity index (χ1) is 17.0. The van der Waals surface area contributed by atoms with Crippen LogP contribution in [0.25, 0.3) is 17.1 Å². The number of carbonyl (C=O) groups excluding carboxylic acids is 1. The predicted molar refractivity (Wildman–Crippen MR) is 135 cm³/mol. The molecule has 5 rings (SSSR count). The maximum atomic E-state index is 13.0. The van der Waals surface area contributed by atoms with E-state index in [0.29, 0.717) is 34.1 Å². The summed E-state index contributed by atoms with van der Waals surface area (Å²) in [6.45, 7) is 6.35. The minimum Gasteiger partial charge on any atom is -0.454 e. The molecule has 1 atom stereocenters. The van der Waals surface area contributed by atoms with E-state index in [-0.39, 0.29) is 12.7 Å². The standard InChI is InChI=1S/C26H25N5O3S/c1-16(2)20-8-4-5-9-21(20)31-24(18-7-6-12-27-14-18)29-30-26(31)35-17(3)25(32)28-19-10-11-22-23(13-19)34-15-33-22/h4-14,16-17H,15H2,1-3H3,(H,28,32). The molecule has 178 valence electrons. The number of benzene rings is 2. The Labute approximate surface area is 207 Å². The third-order valence-electron chi connectivity index (χ3n) is 5.64. The van der Waals surface area contributed by atoms with Crippen molar-refractivity contribution < 1.29 is 14.3 Å². The van der Waals surface area contributed by atoms with E-state index < -0.39 is 5.25 Å². The predicted octanol–water partition coefficient (Wildman–Crippen LogP) is 5.30. The van der Waals surface area contributed by atoms with E-state index in [4.69, 9.17) is 9.47 Å². The molecule has 0 fully saturated rings. The Morgan fingerprint density at radius 3 is 2.66 bits per heavy atom. The van der Waals surface area contributed by atoms with Gasteiger partial charge in [0.15, 0.2) is 22.5 Å². The van der Waals surface area contributed by atoms with E-state index in [2.05, 4.69) is 46.5 Å². The van der Waals surface area contributed by atoms with Crippen molar-refractivity contribution in [1.82, 2.24) is 19.7 Å². The van der Waals surface area contributed by atoms with Crippen LogP contribution in [0.4, 0.5) is 5.69 Å². The van der Waals surface area contributed by atoms with Crippen LogP contribution >= 0.6 is 11.8 Å². The Balaban J connectivity index is 1.46. The fourth-order valence-corrected chi connectivity index (χ4v) is 4.72. The smallest absolute Gasteiger partial charge is 0.237 e. The number of ether oxygens (including phenoxy) is 2. The molecule has 0 radical (unpaired) electrons. The second-order valence-electron chi connectivity index (χ2n) is 8.41. The number of rotatable bonds is 7. The maximum Gasteiger partial charge on any atom is 0.237 e. The van der Waals surface area contributed by atoms with Crippen LogP contribution in [0.5, 0.6) is 11.5 Å². The van der Waals surface area contributed by atoms with Gasteiger partial charge in [0.2, 0.25) is 12.7 Å². The third-order valence-corrected chi connectivity index (χ3v) is 6.69. The van der Waals surface area contributed by atoms with Crippen LogP contribution in [0.1, 0.15) is 32.3 Å². The molecular weight excluding hydrogens is 462 g/mol. The molecule has 1 amide bonds. The lowest BCUT2D eigenvalue weighted by Gasteiger charge is -2.18. The first-order valence-electron chi connectivity index (χ1n) is 11.3. The second-order valence-corrected chi connectivity index (χ2v) is 9.72. The summed E-state index contributed by atoms with van der Waals surface area (Å²) >= 11 is 1.35. The first kappa shape index (κ1) is 22.9. The van der Waals surface area contributed by atoms with Crippen molar-refractivity contribution in [3.63, 3.8) is 0 Å². The minimum absolute atomic E-state index is 0.150. The fraction of sp³-hybridized carbons (Fsp3) is 0.231. The molecule has 2 aromatic heterocycles. The van der Waals surface area contributed by atoms with Crippen molar-refractivity contribution in [3.05, 3.63) is 72.6 Å². The van der Waals surface area contributed by atoms with Gasteiger partial charge in [0.1, 0.15) is 0 Å². The van der Waals surface area contributed by atoms with E-state index in [9.17, 15) is 4.79 Å². The number of thioether (sulfide) groups is 1. The van der Waals surface area contributed by atoms with E-state index in [1.807, 2.05) is 35.8 Å². The molecule has 0 spiro atoms. The van der Waals surface area contributed by atoms with Crippen molar-refractivity contribution in [2.45, 2.75) is 37.1 Å². The van der Waals surface area contributed by atoms with Crippen molar-refractivity contribution in [2.75, 3.05) is 12.1 Å². The fourth-order valence-electron chi connectivity index (χ4n) is 3.85. The average Bonchev–Trinajstić information content (AvgIpc) is 3.51. The van der Waals surface area contributed by atoms with Crippen molar-refractivity contribution in [1.29, 1.82) is 0 Å². The molecule has 1 aliphatic rings. The quantitative estimate of drug-likeness (QED) is 0.354. The topological polar surface area (TPSA) is 91.2 Å². The summed E-state index contributed by atoms with van der Waals surface area (Å²) < 4.78 is 12.8. The van der Waals surface area contributed by atoms with Crippen molar-refractivity contribution in [2.24, 2.45) is 0 Å². The van der Waals surface area contributed by atoms with Gasteiger partial charge in [-0.3, -0.25) is 14.3 Å². The molecule has 1 aliphatic heterocycles. The number of nitrogens with zero attached hydrogens (tertiary/aromatic N) is 4. The highest BCUT2D eigenvalue weighted by molar-refractivity contribution is 8.00. The molecule has 1 unspecified atom stereocenters. The van der Waals surface area contributed by atoms with Gasteiger partial charge in [-0.15, -0.1) is 10.2 Å². The SMILES string of the molecule is CC(Sc1nnc(-c2cccnc2)n1-c1ccccc1C(C)C)C(=O)Nc1ccc2c(c1)OCO2. The molecular formula is C26H25N5O3S. The molecule has 0 aliphatic carbocycles. The normalized spacial score (nSPS) is 13.1. The number of anilines is 1. The number of para-hydroxylation sites is 1. The van der Waals surface area contributed by atoms with Gasteiger partial charge in [0, 0.05) is 29.7 Å². The van der Waals surface area contributed by atoms with E-state index in [1.54, 1.807) is 30.6 Å². The van der Waals surface area contributed by atoms with Gasteiger partial charge in [0.05, 0.1) is 10.9 Å². The van der Waals surface area contributed by atoms with Crippen LogP contribution < -0.4 is 14.8 Å². The minimum atomic E-state index is -0.434. The summed E-state index contributed by atoms with van der Waals surface area (Å²) in [4.78, 5) is 17.3. The Morgan fingerprint density at radius 1 is 1.03 bits per heavy atom. The lowest BCUT2D eigenvalue weighted by atomic mass is 10.0. The molecule has 35 heavy (non-hydrogen) atoms. The lowest BCUT2D eigenvalue weighted by Crippen LogP contribution is -2.23. The maximum absolute atomic E-state index is 13.0. The summed E-state index contributed by atoms with van der Waals surface area (Å²) in [7, 11) is 0. The van der Waals surface area contributed by atoms with Gasteiger partial charge in [-0.05, 0) is 48.7 Å². The summed E-state index contributed by atoms with van der Waals surface area (Å²) in [6.07, 6.45) is 3.49. The van der Waals surface area contributed by atoms with Crippen LogP contribution in [0.3, 0.4) is 0 Å². The summed E-state index contributed by atoms with van der Waals surface area (Å²) in [6, 6.07) is 17.4. The van der Waals surface area contributed by atoms with Gasteiger partial charge in [0.25, 0.3) is 0 Å². The van der Waals surface area contributed by atoms with Crippen LogP contribution in [0.2, 0.25) is 0 Å². The van der Waals surface area contributed by atoms with E-state index in [0.717, 1.165) is 16.8 Å². The Bertz CT molecular complexity index is 1360. The Kier molecular flexibility index (Phi) is 6.41. The number of nitrogens with one attached hydrogen (secondary N) is 1. The van der Waals surface area contributed by atoms with Gasteiger partial charge in [-0.2, -0.15) is 0 Å². The van der Waals surface area contributed by atoms with Crippen molar-refractivity contribution in [3.8, 4) is 28.6 Å². The third kappa shape index (κ3) is 4.72. The second kappa shape index (κ2) is 9.79. The van der Waals surface area contributed by atoms with Gasteiger partial charge >= 0.3 is 0 Å². The number of aromatic nitrogens is 4. The molecule has 0 saturated carbocycles. The molecule has 2 aromatic carbocycles. The number of pyridine rings is 1. The van der Waals surface area contributed by atoms with Crippen LogP contribution in [-0.4, -0.2) is 37.7 Å². The van der Waals surface area contributed by atoms with Crippen molar-refractivity contribution >= 4 is 23.4 Å². The number of amides is 1. The summed E-state index contributed by atoms with van der Waals surface area (Å²) in [5.41, 5.74) is 3.64. The van der Waals surface area contributed by atoms with Gasteiger partial charge in [-0.25, -0.2) is 0 Å². The number of carbonyl (C=O) groups is 1.